The van der Waals surface area contributed by atoms with Gasteiger partial charge in [0.05, 0.1) is 22.1 Å². The lowest BCUT2D eigenvalue weighted by molar-refractivity contribution is 0.423. The molecule has 11 aromatic carbocycles. The summed E-state index contributed by atoms with van der Waals surface area (Å²) in [5, 5.41) is 21.4. The smallest absolute Gasteiger partial charge is 0.238 e. The van der Waals surface area contributed by atoms with E-state index in [1.54, 1.807) is 0 Å². The number of thiophene rings is 2. The molecule has 0 saturated carbocycles. The summed E-state index contributed by atoms with van der Waals surface area (Å²) in [7, 11) is 2.02. The molecule has 0 bridgehead atoms. The summed E-state index contributed by atoms with van der Waals surface area (Å²) in [4.78, 5) is 16.5. The molecule has 2 N–H and O–H groups in total. The van der Waals surface area contributed by atoms with Gasteiger partial charge in [0.15, 0.2) is 17.9 Å². The number of nitrogens with one attached hydrogen (secondary N) is 2. The maximum Gasteiger partial charge on any atom is 0.238 e. The van der Waals surface area contributed by atoms with Crippen LogP contribution in [-0.2, 0) is 6.42 Å². The average molecular weight is 1130 g/mol. The first-order valence-corrected chi connectivity index (χ1v) is 30.2. The van der Waals surface area contributed by atoms with E-state index < -0.39 is 6.29 Å². The van der Waals surface area contributed by atoms with Gasteiger partial charge >= 0.3 is 0 Å². The molecule has 402 valence electrons. The van der Waals surface area contributed by atoms with E-state index in [0.29, 0.717) is 24.0 Å². The van der Waals surface area contributed by atoms with E-state index in [4.69, 9.17) is 23.8 Å². The van der Waals surface area contributed by atoms with Crippen molar-refractivity contribution in [1.29, 1.82) is 0 Å². The van der Waals surface area contributed by atoms with Gasteiger partial charge in [0.25, 0.3) is 0 Å². The van der Waals surface area contributed by atoms with Gasteiger partial charge < -0.3 is 18.7 Å². The Morgan fingerprint density at radius 1 is 0.447 bits per heavy atom. The molecular weight excluding hydrogens is 1080 g/mol. The molecule has 18 rings (SSSR count). The molecule has 1 unspecified atom stereocenters. The van der Waals surface area contributed by atoms with Crippen molar-refractivity contribution in [1.82, 2.24) is 34.7 Å². The number of nitrogens with zero attached hydrogens (tertiary/aromatic N) is 5. The molecular formula is C74H47N7O2S2. The number of rotatable bonds is 10. The quantitative estimate of drug-likeness (QED) is 0.132. The Morgan fingerprint density at radius 2 is 0.988 bits per heavy atom. The lowest BCUT2D eigenvalue weighted by Gasteiger charge is -2.25. The maximum absolute atomic E-state index is 6.37. The predicted octanol–water partition coefficient (Wildman–Crippen LogP) is 19.5. The van der Waals surface area contributed by atoms with Gasteiger partial charge in [-0.05, 0) is 134 Å². The van der Waals surface area contributed by atoms with E-state index in [1.165, 1.54) is 45.9 Å². The highest BCUT2D eigenvalue weighted by Gasteiger charge is 2.26. The van der Waals surface area contributed by atoms with Gasteiger partial charge in [-0.3, -0.25) is 9.88 Å². The van der Waals surface area contributed by atoms with Crippen molar-refractivity contribution in [3.8, 4) is 28.7 Å². The van der Waals surface area contributed by atoms with Gasteiger partial charge in [0.1, 0.15) is 22.3 Å². The summed E-state index contributed by atoms with van der Waals surface area (Å²) in [6.07, 6.45) is 2.55. The van der Waals surface area contributed by atoms with Crippen LogP contribution in [0, 0.1) is 0 Å². The number of para-hydroxylation sites is 4. The summed E-state index contributed by atoms with van der Waals surface area (Å²) in [6, 6.07) is 82.1. The van der Waals surface area contributed by atoms with Crippen LogP contribution in [0.1, 0.15) is 17.4 Å². The van der Waals surface area contributed by atoms with Crippen LogP contribution < -0.4 is 10.6 Å². The van der Waals surface area contributed by atoms with E-state index in [0.717, 1.165) is 110 Å². The van der Waals surface area contributed by atoms with Crippen LogP contribution in [0.15, 0.2) is 245 Å². The second-order valence-corrected chi connectivity index (χ2v) is 24.1. The Labute approximate surface area is 492 Å². The van der Waals surface area contributed by atoms with Crippen LogP contribution >= 0.6 is 22.7 Å². The molecule has 11 heteroatoms. The summed E-state index contributed by atoms with van der Waals surface area (Å²) < 4.78 is 22.3. The zero-order valence-electron chi connectivity index (χ0n) is 45.7. The average Bonchev–Trinajstić information content (AvgIpc) is 2.39. The molecule has 1 atom stereocenters. The van der Waals surface area contributed by atoms with E-state index in [9.17, 15) is 0 Å². The molecule has 0 fully saturated rings. The predicted molar refractivity (Wildman–Crippen MR) is 354 cm³/mol. The first-order valence-electron chi connectivity index (χ1n) is 28.6. The van der Waals surface area contributed by atoms with Crippen molar-refractivity contribution >= 4 is 156 Å². The van der Waals surface area contributed by atoms with Crippen LogP contribution in [0.3, 0.4) is 0 Å². The summed E-state index contributed by atoms with van der Waals surface area (Å²) in [5.41, 5.74) is 12.6. The molecule has 18 aromatic rings. The van der Waals surface area contributed by atoms with Crippen LogP contribution in [0.2, 0.25) is 0 Å². The van der Waals surface area contributed by atoms with Crippen LogP contribution in [0.5, 0.6) is 0 Å². The number of benzene rings is 11. The monoisotopic (exact) mass is 1130 g/mol. The largest absolute Gasteiger partial charge is 0.456 e. The molecule has 0 amide bonds. The highest BCUT2D eigenvalue weighted by molar-refractivity contribution is 7.26. The second-order valence-electron chi connectivity index (χ2n) is 21.9. The first-order chi connectivity index (χ1) is 42.0. The summed E-state index contributed by atoms with van der Waals surface area (Å²) in [5.74, 6) is 1.75. The number of hydrogen-bond donors (Lipinski definition) is 2. The van der Waals surface area contributed by atoms with Crippen molar-refractivity contribution in [2.75, 3.05) is 7.05 Å². The summed E-state index contributed by atoms with van der Waals surface area (Å²) >= 11 is 3.62. The molecule has 0 radical (unpaired) electrons. The van der Waals surface area contributed by atoms with Crippen LogP contribution in [-0.4, -0.2) is 31.1 Å². The highest BCUT2D eigenvalue weighted by Crippen LogP contribution is 2.44. The van der Waals surface area contributed by atoms with Crippen molar-refractivity contribution in [3.05, 3.63) is 248 Å². The third kappa shape index (κ3) is 7.54. The van der Waals surface area contributed by atoms with Crippen LogP contribution in [0.25, 0.3) is 162 Å². The van der Waals surface area contributed by atoms with Gasteiger partial charge in [-0.25, -0.2) is 4.98 Å². The van der Waals surface area contributed by atoms with Gasteiger partial charge in [-0.15, -0.1) is 22.7 Å². The number of fused-ring (bicyclic) bond motifs is 19. The third-order valence-electron chi connectivity index (χ3n) is 17.1. The van der Waals surface area contributed by atoms with E-state index in [1.807, 2.05) is 54.0 Å². The number of aromatic nitrogens is 5. The van der Waals surface area contributed by atoms with Gasteiger partial charge in [0, 0.05) is 100 Å². The van der Waals surface area contributed by atoms with E-state index >= 15 is 0 Å². The van der Waals surface area contributed by atoms with Crippen molar-refractivity contribution in [2.45, 2.75) is 12.7 Å². The fourth-order valence-corrected chi connectivity index (χ4v) is 15.3. The molecule has 9 nitrogen and oxygen atoms in total. The number of allylic oxidation sites excluding steroid dienone is 1. The van der Waals surface area contributed by atoms with Gasteiger partial charge in [-0.2, -0.15) is 9.97 Å². The molecule has 0 aliphatic rings. The van der Waals surface area contributed by atoms with Gasteiger partial charge in [0.2, 0.25) is 5.95 Å². The Balaban J connectivity index is 0.841. The highest BCUT2D eigenvalue weighted by atomic mass is 32.1. The molecule has 0 aliphatic carbocycles. The standard InChI is InChI=1S/C74H47N7O2S2/c1-75-73(76-57(43-28-35-64-54(39-43)48-16-5-11-23-62(48)83-64)32-26-42-27-34-63-53(38-42)47-15-4-10-22-61(47)82-63)80-59-21-9-3-19-52(59)69-60(80)33-31-51-46-14-2-8-20-58(46)81(70(51)69)74-78-71(44-29-36-67-55(40-44)49-17-6-12-24-65(49)84-67)77-72(79-74)45-30-37-68-56(41-45)50-18-7-13-25-66(50)85-68/h2-25,27-41,73,75-76H,26H2,1H3/b57-32-. The Bertz CT molecular complexity index is 5700. The van der Waals surface area contributed by atoms with Crippen molar-refractivity contribution < 1.29 is 8.83 Å². The molecule has 7 aromatic heterocycles. The minimum Gasteiger partial charge on any atom is -0.456 e. The Kier molecular flexibility index (Phi) is 10.6. The Morgan fingerprint density at radius 3 is 1.65 bits per heavy atom. The van der Waals surface area contributed by atoms with Crippen LogP contribution in [0.4, 0.5) is 0 Å². The van der Waals surface area contributed by atoms with Crippen molar-refractivity contribution in [2.24, 2.45) is 0 Å². The lowest BCUT2D eigenvalue weighted by atomic mass is 10.0. The maximum atomic E-state index is 6.37. The third-order valence-corrected chi connectivity index (χ3v) is 19.4. The molecule has 0 saturated heterocycles. The lowest BCUT2D eigenvalue weighted by Crippen LogP contribution is -2.35. The fraction of sp³-hybridized carbons (Fsp3) is 0.0405. The van der Waals surface area contributed by atoms with E-state index in [2.05, 4.69) is 232 Å². The van der Waals surface area contributed by atoms with Crippen molar-refractivity contribution in [3.63, 3.8) is 0 Å². The minimum absolute atomic E-state index is 0.428. The fourth-order valence-electron chi connectivity index (χ4n) is 13.2. The number of hydrogen-bond acceptors (Lipinski definition) is 9. The summed E-state index contributed by atoms with van der Waals surface area (Å²) in [6.45, 7) is 0. The zero-order chi connectivity index (χ0) is 55.9. The number of furan rings is 2. The van der Waals surface area contributed by atoms with Gasteiger partial charge in [-0.1, -0.05) is 127 Å². The molecule has 0 spiro atoms. The molecule has 85 heavy (non-hydrogen) atoms. The second kappa shape index (κ2) is 18.8. The SMILES string of the molecule is CNC(N/C(=C\Cc1ccc2oc3ccccc3c2c1)c1ccc2oc3ccccc3c2c1)n1c2ccccc2c2c3c(ccc21)c1ccccc1n3-c1nc(-c2ccc3sc4ccccc4c3c2)nc(-c2ccc3sc4ccccc4c3c2)n1. The normalized spacial score (nSPS) is 12.9. The Hall–Kier alpha value is -10.4. The molecule has 7 heterocycles. The zero-order valence-corrected chi connectivity index (χ0v) is 47.3. The minimum atomic E-state index is -0.428. The first kappa shape index (κ1) is 48.1. The molecule has 0 aliphatic heterocycles. The topological polar surface area (TPSA) is 98.9 Å². The van der Waals surface area contributed by atoms with E-state index in [-0.39, 0.29) is 0 Å².